The van der Waals surface area contributed by atoms with Crippen molar-refractivity contribution in [3.8, 4) is 0 Å². The fourth-order valence-corrected chi connectivity index (χ4v) is 6.24. The van der Waals surface area contributed by atoms with Crippen LogP contribution < -0.4 is 9.62 Å². The van der Waals surface area contributed by atoms with Gasteiger partial charge in [0.15, 0.2) is 0 Å². The quantitative estimate of drug-likeness (QED) is 0.238. The molecule has 1 atom stereocenters. The van der Waals surface area contributed by atoms with Crippen LogP contribution in [0.1, 0.15) is 38.3 Å². The van der Waals surface area contributed by atoms with Gasteiger partial charge in [-0.1, -0.05) is 91.5 Å². The highest BCUT2D eigenvalue weighted by Gasteiger charge is 2.34. The minimum atomic E-state index is -4.28. The van der Waals surface area contributed by atoms with Crippen LogP contribution in [0.3, 0.4) is 0 Å². The summed E-state index contributed by atoms with van der Waals surface area (Å²) in [5.74, 6) is -0.747. The monoisotopic (exact) mass is 637 g/mol. The first-order valence-corrected chi connectivity index (χ1v) is 15.8. The smallest absolute Gasteiger partial charge is 0.264 e. The fourth-order valence-electron chi connectivity index (χ4n) is 4.18. The Morgan fingerprint density at radius 1 is 0.927 bits per heavy atom. The van der Waals surface area contributed by atoms with Crippen LogP contribution in [-0.4, -0.2) is 44.3 Å². The lowest BCUT2D eigenvalue weighted by molar-refractivity contribution is -0.140. The SMILES string of the molecule is CCC(C(=O)NCC(C)C)N(Cc1ccccc1Cl)C(=O)CN(c1cc(Cl)ccc1Cl)S(=O)(=O)c1ccc(C)cc1. The molecule has 0 aliphatic carbocycles. The first-order chi connectivity index (χ1) is 19.3. The number of amides is 2. The summed E-state index contributed by atoms with van der Waals surface area (Å²) in [7, 11) is -4.28. The van der Waals surface area contributed by atoms with Gasteiger partial charge in [-0.15, -0.1) is 0 Å². The third kappa shape index (κ3) is 8.38. The number of halogens is 3. The molecule has 0 heterocycles. The van der Waals surface area contributed by atoms with Crippen LogP contribution in [0.25, 0.3) is 0 Å². The maximum atomic E-state index is 14.1. The lowest BCUT2D eigenvalue weighted by atomic mass is 10.1. The van der Waals surface area contributed by atoms with Gasteiger partial charge in [-0.05, 0) is 61.2 Å². The molecule has 0 saturated heterocycles. The summed E-state index contributed by atoms with van der Waals surface area (Å²) >= 11 is 19.1. The lowest BCUT2D eigenvalue weighted by Crippen LogP contribution is -2.52. The van der Waals surface area contributed by atoms with E-state index in [1.165, 1.54) is 35.2 Å². The van der Waals surface area contributed by atoms with Gasteiger partial charge in [-0.2, -0.15) is 0 Å². The summed E-state index contributed by atoms with van der Waals surface area (Å²) in [5, 5.41) is 3.66. The number of nitrogens with one attached hydrogen (secondary N) is 1. The minimum Gasteiger partial charge on any atom is -0.354 e. The molecule has 0 aliphatic heterocycles. The Morgan fingerprint density at radius 3 is 2.20 bits per heavy atom. The van der Waals surface area contributed by atoms with E-state index in [1.807, 2.05) is 20.8 Å². The number of hydrogen-bond donors (Lipinski definition) is 1. The summed E-state index contributed by atoms with van der Waals surface area (Å²) in [6, 6.07) is 16.8. The van der Waals surface area contributed by atoms with Gasteiger partial charge in [-0.25, -0.2) is 8.42 Å². The minimum absolute atomic E-state index is 0.00614. The topological polar surface area (TPSA) is 86.8 Å². The second-order valence-electron chi connectivity index (χ2n) is 10.1. The van der Waals surface area contributed by atoms with Crippen LogP contribution in [-0.2, 0) is 26.2 Å². The van der Waals surface area contributed by atoms with Crippen LogP contribution in [0.4, 0.5) is 5.69 Å². The van der Waals surface area contributed by atoms with Gasteiger partial charge in [0.2, 0.25) is 11.8 Å². The summed E-state index contributed by atoms with van der Waals surface area (Å²) < 4.78 is 28.9. The largest absolute Gasteiger partial charge is 0.354 e. The number of aryl methyl sites for hydroxylation is 1. The molecule has 0 spiro atoms. The molecule has 220 valence electrons. The molecule has 0 bridgehead atoms. The molecule has 1 N–H and O–H groups in total. The highest BCUT2D eigenvalue weighted by atomic mass is 35.5. The molecule has 3 rings (SSSR count). The van der Waals surface area contributed by atoms with Crippen LogP contribution in [0.5, 0.6) is 0 Å². The number of nitrogens with zero attached hydrogens (tertiary/aromatic N) is 2. The standard InChI is InChI=1S/C30H34Cl3N3O4S/c1-5-27(30(38)34-17-20(2)3)35(18-22-8-6-7-9-25(22)32)29(37)19-36(28-16-23(31)12-15-26(28)33)41(39,40)24-13-10-21(4)11-14-24/h6-16,20,27H,5,17-19H2,1-4H3,(H,34,38). The van der Waals surface area contributed by atoms with Crippen molar-refractivity contribution in [2.45, 2.75) is 51.6 Å². The fraction of sp³-hybridized carbons (Fsp3) is 0.333. The zero-order chi connectivity index (χ0) is 30.3. The molecule has 0 radical (unpaired) electrons. The first-order valence-electron chi connectivity index (χ1n) is 13.2. The summed E-state index contributed by atoms with van der Waals surface area (Å²) in [6.07, 6.45) is 0.294. The van der Waals surface area contributed by atoms with Gasteiger partial charge >= 0.3 is 0 Å². The second-order valence-corrected chi connectivity index (χ2v) is 13.2. The van der Waals surface area contributed by atoms with E-state index in [0.29, 0.717) is 23.6 Å². The number of benzene rings is 3. The first kappa shape index (κ1) is 32.7. The van der Waals surface area contributed by atoms with Crippen molar-refractivity contribution >= 4 is 62.3 Å². The third-order valence-electron chi connectivity index (χ3n) is 6.43. The van der Waals surface area contributed by atoms with Crippen LogP contribution >= 0.6 is 34.8 Å². The zero-order valence-corrected chi connectivity index (χ0v) is 26.5. The zero-order valence-electron chi connectivity index (χ0n) is 23.4. The number of rotatable bonds is 12. The molecule has 3 aromatic carbocycles. The van der Waals surface area contributed by atoms with Crippen molar-refractivity contribution in [2.75, 3.05) is 17.4 Å². The van der Waals surface area contributed by atoms with E-state index in [9.17, 15) is 18.0 Å². The Morgan fingerprint density at radius 2 is 1.59 bits per heavy atom. The van der Waals surface area contributed by atoms with Crippen molar-refractivity contribution in [1.29, 1.82) is 0 Å². The maximum absolute atomic E-state index is 14.1. The second kappa shape index (κ2) is 14.4. The molecular formula is C30H34Cl3N3O4S. The average molecular weight is 639 g/mol. The van der Waals surface area contributed by atoms with Crippen molar-refractivity contribution < 1.29 is 18.0 Å². The van der Waals surface area contributed by atoms with Crippen molar-refractivity contribution in [3.05, 3.63) is 92.9 Å². The molecule has 0 saturated carbocycles. The van der Waals surface area contributed by atoms with Gasteiger partial charge in [0.1, 0.15) is 12.6 Å². The Hall–Kier alpha value is -2.78. The highest BCUT2D eigenvalue weighted by molar-refractivity contribution is 7.92. The molecule has 3 aromatic rings. The third-order valence-corrected chi connectivity index (χ3v) is 9.13. The molecule has 2 amide bonds. The molecule has 0 aromatic heterocycles. The predicted molar refractivity (Wildman–Crippen MR) is 166 cm³/mol. The van der Waals surface area contributed by atoms with Crippen molar-refractivity contribution in [3.63, 3.8) is 0 Å². The van der Waals surface area contributed by atoms with Gasteiger partial charge < -0.3 is 10.2 Å². The van der Waals surface area contributed by atoms with Crippen molar-refractivity contribution in [2.24, 2.45) is 5.92 Å². The van der Waals surface area contributed by atoms with E-state index >= 15 is 0 Å². The summed E-state index contributed by atoms with van der Waals surface area (Å²) in [4.78, 5) is 28.8. The van der Waals surface area contributed by atoms with E-state index in [1.54, 1.807) is 43.3 Å². The number of sulfonamides is 1. The van der Waals surface area contributed by atoms with Gasteiger partial charge in [-0.3, -0.25) is 13.9 Å². The van der Waals surface area contributed by atoms with Gasteiger partial charge in [0.05, 0.1) is 15.6 Å². The van der Waals surface area contributed by atoms with E-state index in [2.05, 4.69) is 5.32 Å². The van der Waals surface area contributed by atoms with Gasteiger partial charge in [0.25, 0.3) is 10.0 Å². The lowest BCUT2D eigenvalue weighted by Gasteiger charge is -2.33. The normalized spacial score (nSPS) is 12.2. The summed E-state index contributed by atoms with van der Waals surface area (Å²) in [6.45, 7) is 7.36. The Balaban J connectivity index is 2.10. The van der Waals surface area contributed by atoms with Crippen LogP contribution in [0.15, 0.2) is 71.6 Å². The molecule has 0 fully saturated rings. The molecule has 7 nitrogen and oxygen atoms in total. The maximum Gasteiger partial charge on any atom is 0.264 e. The number of anilines is 1. The van der Waals surface area contributed by atoms with Crippen LogP contribution in [0, 0.1) is 12.8 Å². The average Bonchev–Trinajstić information content (AvgIpc) is 2.93. The number of hydrogen-bond acceptors (Lipinski definition) is 4. The van der Waals surface area contributed by atoms with E-state index in [0.717, 1.165) is 9.87 Å². The van der Waals surface area contributed by atoms with Crippen LogP contribution in [0.2, 0.25) is 15.1 Å². The predicted octanol–water partition coefficient (Wildman–Crippen LogP) is 6.73. The summed E-state index contributed by atoms with van der Waals surface area (Å²) in [5.41, 5.74) is 1.53. The number of carbonyl (C=O) groups excluding carboxylic acids is 2. The molecule has 41 heavy (non-hydrogen) atoms. The van der Waals surface area contributed by atoms with E-state index < -0.39 is 28.5 Å². The molecular weight excluding hydrogens is 605 g/mol. The number of carbonyl (C=O) groups is 2. The Bertz CT molecular complexity index is 1480. The molecule has 11 heteroatoms. The van der Waals surface area contributed by atoms with Gasteiger partial charge in [0, 0.05) is 23.1 Å². The van der Waals surface area contributed by atoms with E-state index in [4.69, 9.17) is 34.8 Å². The van der Waals surface area contributed by atoms with Crippen molar-refractivity contribution in [1.82, 2.24) is 10.2 Å². The Kier molecular flexibility index (Phi) is 11.5. The Labute approximate surface area is 257 Å². The molecule has 0 aliphatic rings. The molecule has 1 unspecified atom stereocenters. The highest BCUT2D eigenvalue weighted by Crippen LogP contribution is 2.33. The van der Waals surface area contributed by atoms with E-state index in [-0.39, 0.29) is 39.0 Å².